The SMILES string of the molecule is CSc1ccccc1CN1CCC(CNS(=O)(=O)c2ccc(NC(=O)C(C)C)cc2)CC1. The number of piperidine rings is 1. The van der Waals surface area contributed by atoms with Crippen LogP contribution in [0.25, 0.3) is 0 Å². The predicted octanol–water partition coefficient (Wildman–Crippen LogP) is 4.19. The van der Waals surface area contributed by atoms with Crippen molar-refractivity contribution < 1.29 is 13.2 Å². The van der Waals surface area contributed by atoms with E-state index in [1.54, 1.807) is 23.9 Å². The van der Waals surface area contributed by atoms with Crippen molar-refractivity contribution in [2.75, 3.05) is 31.2 Å². The van der Waals surface area contributed by atoms with Gasteiger partial charge in [0.1, 0.15) is 0 Å². The number of nitrogens with zero attached hydrogens (tertiary/aromatic N) is 1. The number of hydrogen-bond donors (Lipinski definition) is 2. The van der Waals surface area contributed by atoms with Crippen LogP contribution in [0, 0.1) is 11.8 Å². The lowest BCUT2D eigenvalue weighted by Gasteiger charge is -2.32. The van der Waals surface area contributed by atoms with Gasteiger partial charge in [0, 0.05) is 29.6 Å². The van der Waals surface area contributed by atoms with E-state index in [1.165, 1.54) is 22.6 Å². The van der Waals surface area contributed by atoms with Gasteiger partial charge in [0.25, 0.3) is 0 Å². The van der Waals surface area contributed by atoms with Crippen LogP contribution >= 0.6 is 11.8 Å². The minimum Gasteiger partial charge on any atom is -0.326 e. The highest BCUT2D eigenvalue weighted by Crippen LogP contribution is 2.24. The molecule has 0 aliphatic carbocycles. The van der Waals surface area contributed by atoms with Crippen molar-refractivity contribution in [3.63, 3.8) is 0 Å². The molecule has 0 bridgehead atoms. The van der Waals surface area contributed by atoms with E-state index in [0.717, 1.165) is 32.5 Å². The zero-order valence-electron chi connectivity index (χ0n) is 19.0. The Morgan fingerprint density at radius 2 is 1.75 bits per heavy atom. The second-order valence-corrected chi connectivity index (χ2v) is 11.2. The normalized spacial score (nSPS) is 15.8. The van der Waals surface area contributed by atoms with Crippen LogP contribution in [0.1, 0.15) is 32.3 Å². The van der Waals surface area contributed by atoms with Crippen molar-refractivity contribution in [2.45, 2.75) is 43.0 Å². The van der Waals surface area contributed by atoms with E-state index in [9.17, 15) is 13.2 Å². The van der Waals surface area contributed by atoms with E-state index in [1.807, 2.05) is 13.8 Å². The van der Waals surface area contributed by atoms with Crippen LogP contribution in [0.2, 0.25) is 0 Å². The summed E-state index contributed by atoms with van der Waals surface area (Å²) in [6.45, 7) is 6.95. The van der Waals surface area contributed by atoms with E-state index >= 15 is 0 Å². The fourth-order valence-electron chi connectivity index (χ4n) is 3.74. The topological polar surface area (TPSA) is 78.5 Å². The maximum Gasteiger partial charge on any atom is 0.240 e. The third-order valence-electron chi connectivity index (χ3n) is 5.81. The summed E-state index contributed by atoms with van der Waals surface area (Å²) < 4.78 is 28.1. The highest BCUT2D eigenvalue weighted by molar-refractivity contribution is 7.98. The van der Waals surface area contributed by atoms with Gasteiger partial charge in [0.05, 0.1) is 4.90 Å². The Kier molecular flexibility index (Phi) is 8.76. The molecule has 0 atom stereocenters. The number of likely N-dealkylation sites (tertiary alicyclic amines) is 1. The number of hydrogen-bond acceptors (Lipinski definition) is 5. The van der Waals surface area contributed by atoms with E-state index in [2.05, 4.69) is 45.5 Å². The summed E-state index contributed by atoms with van der Waals surface area (Å²) in [7, 11) is -3.57. The van der Waals surface area contributed by atoms with Gasteiger partial charge in [0.2, 0.25) is 15.9 Å². The minimum atomic E-state index is -3.57. The Balaban J connectivity index is 1.48. The van der Waals surface area contributed by atoms with Crippen LogP contribution in [-0.4, -0.2) is 45.1 Å². The quantitative estimate of drug-likeness (QED) is 0.532. The molecule has 2 aromatic rings. The van der Waals surface area contributed by atoms with Crippen LogP contribution in [0.5, 0.6) is 0 Å². The van der Waals surface area contributed by atoms with Crippen molar-refractivity contribution in [3.05, 3.63) is 54.1 Å². The second kappa shape index (κ2) is 11.3. The Labute approximate surface area is 196 Å². The van der Waals surface area contributed by atoms with E-state index in [0.29, 0.717) is 18.2 Å². The van der Waals surface area contributed by atoms with Crippen LogP contribution in [0.3, 0.4) is 0 Å². The number of nitrogens with one attached hydrogen (secondary N) is 2. The first-order chi connectivity index (χ1) is 15.3. The van der Waals surface area contributed by atoms with Crippen molar-refractivity contribution >= 4 is 33.4 Å². The van der Waals surface area contributed by atoms with E-state index in [-0.39, 0.29) is 16.7 Å². The number of anilines is 1. The molecule has 0 saturated carbocycles. The third-order valence-corrected chi connectivity index (χ3v) is 8.09. The van der Waals surface area contributed by atoms with Gasteiger partial charge in [-0.3, -0.25) is 9.69 Å². The first-order valence-corrected chi connectivity index (χ1v) is 13.7. The smallest absolute Gasteiger partial charge is 0.240 e. The lowest BCUT2D eigenvalue weighted by Crippen LogP contribution is -2.38. The lowest BCUT2D eigenvalue weighted by molar-refractivity contribution is -0.118. The molecule has 3 rings (SSSR count). The Morgan fingerprint density at radius 1 is 1.09 bits per heavy atom. The van der Waals surface area contributed by atoms with E-state index in [4.69, 9.17) is 0 Å². The molecule has 0 radical (unpaired) electrons. The Morgan fingerprint density at radius 3 is 2.38 bits per heavy atom. The predicted molar refractivity (Wildman–Crippen MR) is 131 cm³/mol. The third kappa shape index (κ3) is 6.81. The van der Waals surface area contributed by atoms with Crippen LogP contribution in [-0.2, 0) is 21.4 Å². The zero-order valence-corrected chi connectivity index (χ0v) is 20.6. The van der Waals surface area contributed by atoms with Crippen LogP contribution in [0.4, 0.5) is 5.69 Å². The van der Waals surface area contributed by atoms with Crippen molar-refractivity contribution in [3.8, 4) is 0 Å². The number of carbonyl (C=O) groups excluding carboxylic acids is 1. The van der Waals surface area contributed by atoms with Crippen LogP contribution < -0.4 is 10.0 Å². The van der Waals surface area contributed by atoms with Gasteiger partial charge in [-0.15, -0.1) is 11.8 Å². The van der Waals surface area contributed by atoms with E-state index < -0.39 is 10.0 Å². The summed E-state index contributed by atoms with van der Waals surface area (Å²) in [6, 6.07) is 14.8. The summed E-state index contributed by atoms with van der Waals surface area (Å²) in [4.78, 5) is 15.8. The number of carbonyl (C=O) groups is 1. The van der Waals surface area contributed by atoms with Crippen molar-refractivity contribution in [1.29, 1.82) is 0 Å². The number of thioether (sulfide) groups is 1. The Hall–Kier alpha value is -1.87. The van der Waals surface area contributed by atoms with Gasteiger partial charge in [-0.2, -0.15) is 0 Å². The average Bonchev–Trinajstić information content (AvgIpc) is 2.79. The van der Waals surface area contributed by atoms with Gasteiger partial charge in [-0.05, 0) is 74.0 Å². The summed E-state index contributed by atoms with van der Waals surface area (Å²) >= 11 is 1.77. The minimum absolute atomic E-state index is 0.0954. The van der Waals surface area contributed by atoms with Gasteiger partial charge in [-0.25, -0.2) is 13.1 Å². The zero-order chi connectivity index (χ0) is 23.1. The highest BCUT2D eigenvalue weighted by Gasteiger charge is 2.22. The number of amides is 1. The maximum absolute atomic E-state index is 12.7. The first kappa shape index (κ1) is 24.8. The molecule has 0 spiro atoms. The summed E-state index contributed by atoms with van der Waals surface area (Å²) in [6.07, 6.45) is 4.06. The number of sulfonamides is 1. The molecule has 2 aromatic carbocycles. The molecule has 0 aromatic heterocycles. The summed E-state index contributed by atoms with van der Waals surface area (Å²) in [5, 5.41) is 2.77. The molecule has 2 N–H and O–H groups in total. The number of benzene rings is 2. The maximum atomic E-state index is 12.7. The highest BCUT2D eigenvalue weighted by atomic mass is 32.2. The monoisotopic (exact) mass is 475 g/mol. The molecule has 32 heavy (non-hydrogen) atoms. The molecule has 1 saturated heterocycles. The molecule has 1 fully saturated rings. The first-order valence-electron chi connectivity index (χ1n) is 11.0. The molecule has 1 aliphatic rings. The molecule has 0 unspecified atom stereocenters. The molecule has 8 heteroatoms. The van der Waals surface area contributed by atoms with Crippen molar-refractivity contribution in [1.82, 2.24) is 9.62 Å². The van der Waals surface area contributed by atoms with Gasteiger partial charge < -0.3 is 5.32 Å². The Bertz CT molecular complexity index is 999. The average molecular weight is 476 g/mol. The van der Waals surface area contributed by atoms with Gasteiger partial charge >= 0.3 is 0 Å². The van der Waals surface area contributed by atoms with Crippen molar-refractivity contribution in [2.24, 2.45) is 11.8 Å². The van der Waals surface area contributed by atoms with Crippen LogP contribution in [0.15, 0.2) is 58.3 Å². The fourth-order valence-corrected chi connectivity index (χ4v) is 5.46. The molecular weight excluding hydrogens is 442 g/mol. The standard InChI is InChI=1S/C24H33N3O3S2/c1-18(2)24(28)26-21-8-10-22(11-9-21)32(29,30)25-16-19-12-14-27(15-13-19)17-20-6-4-5-7-23(20)31-3/h4-11,18-19,25H,12-17H2,1-3H3,(H,26,28). The summed E-state index contributed by atoms with van der Waals surface area (Å²) in [5.41, 5.74) is 1.95. The molecule has 1 heterocycles. The van der Waals surface area contributed by atoms with Gasteiger partial charge in [0.15, 0.2) is 0 Å². The molecule has 1 aliphatic heterocycles. The second-order valence-electron chi connectivity index (χ2n) is 8.55. The lowest BCUT2D eigenvalue weighted by atomic mass is 9.97. The van der Waals surface area contributed by atoms with Gasteiger partial charge in [-0.1, -0.05) is 32.0 Å². The summed E-state index contributed by atoms with van der Waals surface area (Å²) in [5.74, 6) is 0.107. The fraction of sp³-hybridized carbons (Fsp3) is 0.458. The number of rotatable bonds is 9. The molecule has 1 amide bonds. The molecule has 174 valence electrons. The largest absolute Gasteiger partial charge is 0.326 e. The molecule has 6 nitrogen and oxygen atoms in total. The molecular formula is C24H33N3O3S2.